The Balaban J connectivity index is 2.27. The fourth-order valence-electron chi connectivity index (χ4n) is 2.68. The minimum atomic E-state index is 0.987. The van der Waals surface area contributed by atoms with Crippen LogP contribution in [0.1, 0.15) is 0 Å². The largest absolute Gasteiger partial charge is 0.293 e. The smallest absolute Gasteiger partial charge is 0.145 e. The van der Waals surface area contributed by atoms with Gasteiger partial charge in [0.25, 0.3) is 0 Å². The highest BCUT2D eigenvalue weighted by Crippen LogP contribution is 2.34. The van der Waals surface area contributed by atoms with E-state index in [2.05, 4.69) is 61.9 Å². The Kier molecular flexibility index (Phi) is 2.60. The minimum Gasteiger partial charge on any atom is -0.293 e. The van der Waals surface area contributed by atoms with Crippen molar-refractivity contribution in [2.24, 2.45) is 0 Å². The normalized spacial score (nSPS) is 11.2. The SMILES string of the molecule is Brc1cccc2c3cccnc3n(-c3ccccc3)c12. The summed E-state index contributed by atoms with van der Waals surface area (Å²) in [6, 6.07) is 20.7. The van der Waals surface area contributed by atoms with E-state index >= 15 is 0 Å². The number of benzene rings is 2. The van der Waals surface area contributed by atoms with E-state index in [-0.39, 0.29) is 0 Å². The number of hydrogen-bond donors (Lipinski definition) is 0. The Morgan fingerprint density at radius 3 is 2.45 bits per heavy atom. The molecule has 0 atom stereocenters. The van der Waals surface area contributed by atoms with Gasteiger partial charge < -0.3 is 0 Å². The van der Waals surface area contributed by atoms with E-state index in [9.17, 15) is 0 Å². The summed E-state index contributed by atoms with van der Waals surface area (Å²) in [6.45, 7) is 0. The summed E-state index contributed by atoms with van der Waals surface area (Å²) >= 11 is 3.67. The van der Waals surface area contributed by atoms with Crippen LogP contribution in [0, 0.1) is 0 Å². The predicted octanol–water partition coefficient (Wildman–Crippen LogP) is 4.94. The molecule has 20 heavy (non-hydrogen) atoms. The molecule has 2 aromatic carbocycles. The highest BCUT2D eigenvalue weighted by Gasteiger charge is 2.14. The zero-order valence-corrected chi connectivity index (χ0v) is 12.2. The maximum Gasteiger partial charge on any atom is 0.145 e. The number of rotatable bonds is 1. The van der Waals surface area contributed by atoms with Gasteiger partial charge in [0.15, 0.2) is 0 Å². The van der Waals surface area contributed by atoms with E-state index in [4.69, 9.17) is 0 Å². The summed E-state index contributed by atoms with van der Waals surface area (Å²) in [7, 11) is 0. The van der Waals surface area contributed by atoms with Gasteiger partial charge in [0.2, 0.25) is 0 Å². The van der Waals surface area contributed by atoms with Crippen LogP contribution in [-0.2, 0) is 0 Å². The first-order valence-corrected chi connectivity index (χ1v) is 7.24. The molecule has 0 spiro atoms. The molecule has 0 N–H and O–H groups in total. The van der Waals surface area contributed by atoms with Crippen LogP contribution in [0.4, 0.5) is 0 Å². The van der Waals surface area contributed by atoms with Crippen molar-refractivity contribution in [3.05, 3.63) is 71.3 Å². The number of halogens is 1. The Morgan fingerprint density at radius 1 is 0.800 bits per heavy atom. The summed E-state index contributed by atoms with van der Waals surface area (Å²) in [5.41, 5.74) is 3.27. The number of fused-ring (bicyclic) bond motifs is 3. The van der Waals surface area contributed by atoms with Crippen molar-refractivity contribution < 1.29 is 0 Å². The molecule has 0 amide bonds. The third-order valence-electron chi connectivity index (χ3n) is 3.51. The molecule has 0 saturated carbocycles. The molecule has 3 heteroatoms. The van der Waals surface area contributed by atoms with Crippen LogP contribution in [0.15, 0.2) is 71.3 Å². The average molecular weight is 323 g/mol. The lowest BCUT2D eigenvalue weighted by Crippen LogP contribution is -1.95. The van der Waals surface area contributed by atoms with E-state index in [1.54, 1.807) is 0 Å². The molecule has 0 radical (unpaired) electrons. The van der Waals surface area contributed by atoms with Crippen molar-refractivity contribution in [2.75, 3.05) is 0 Å². The van der Waals surface area contributed by atoms with Crippen LogP contribution in [0.2, 0.25) is 0 Å². The van der Waals surface area contributed by atoms with Crippen LogP contribution in [-0.4, -0.2) is 9.55 Å². The molecule has 2 nitrogen and oxygen atoms in total. The van der Waals surface area contributed by atoms with E-state index in [0.717, 1.165) is 21.3 Å². The van der Waals surface area contributed by atoms with Gasteiger partial charge >= 0.3 is 0 Å². The van der Waals surface area contributed by atoms with Gasteiger partial charge in [-0.1, -0.05) is 30.3 Å². The molecule has 0 unspecified atom stereocenters. The van der Waals surface area contributed by atoms with Gasteiger partial charge in [-0.05, 0) is 46.3 Å². The quantitative estimate of drug-likeness (QED) is 0.485. The van der Waals surface area contributed by atoms with Gasteiger partial charge in [-0.15, -0.1) is 0 Å². The Morgan fingerprint density at radius 2 is 1.60 bits per heavy atom. The van der Waals surface area contributed by atoms with Gasteiger partial charge in [0, 0.05) is 27.1 Å². The number of hydrogen-bond acceptors (Lipinski definition) is 1. The third kappa shape index (κ3) is 1.60. The maximum absolute atomic E-state index is 4.58. The van der Waals surface area contributed by atoms with Crippen molar-refractivity contribution in [2.45, 2.75) is 0 Å². The van der Waals surface area contributed by atoms with Crippen LogP contribution < -0.4 is 0 Å². The average Bonchev–Trinajstić information content (AvgIpc) is 2.84. The Bertz CT molecular complexity index is 910. The molecule has 0 aliphatic rings. The maximum atomic E-state index is 4.58. The molecular weight excluding hydrogens is 312 g/mol. The van der Waals surface area contributed by atoms with Crippen molar-refractivity contribution in [3.8, 4) is 5.69 Å². The van der Waals surface area contributed by atoms with Gasteiger partial charge in [-0.3, -0.25) is 4.57 Å². The summed E-state index contributed by atoms with van der Waals surface area (Å²) < 4.78 is 3.28. The second-order valence-corrected chi connectivity index (χ2v) is 5.54. The molecule has 0 saturated heterocycles. The Labute approximate surface area is 124 Å². The first-order valence-electron chi connectivity index (χ1n) is 6.45. The molecular formula is C17H11BrN2. The molecule has 0 aliphatic carbocycles. The van der Waals surface area contributed by atoms with Crippen molar-refractivity contribution in [1.29, 1.82) is 0 Å². The first kappa shape index (κ1) is 11.7. The lowest BCUT2D eigenvalue weighted by Gasteiger charge is -2.07. The third-order valence-corrected chi connectivity index (χ3v) is 4.15. The second-order valence-electron chi connectivity index (χ2n) is 4.68. The lowest BCUT2D eigenvalue weighted by molar-refractivity contribution is 1.13. The van der Waals surface area contributed by atoms with Crippen molar-refractivity contribution in [3.63, 3.8) is 0 Å². The molecule has 0 aliphatic heterocycles. The molecule has 0 fully saturated rings. The van der Waals surface area contributed by atoms with Crippen LogP contribution >= 0.6 is 15.9 Å². The van der Waals surface area contributed by atoms with E-state index in [0.29, 0.717) is 0 Å². The van der Waals surface area contributed by atoms with E-state index in [1.807, 2.05) is 30.5 Å². The lowest BCUT2D eigenvalue weighted by atomic mass is 10.2. The van der Waals surface area contributed by atoms with Crippen molar-refractivity contribution >= 4 is 37.9 Å². The number of aromatic nitrogens is 2. The van der Waals surface area contributed by atoms with E-state index < -0.39 is 0 Å². The van der Waals surface area contributed by atoms with Gasteiger partial charge in [-0.25, -0.2) is 4.98 Å². The predicted molar refractivity (Wildman–Crippen MR) is 86.3 cm³/mol. The highest BCUT2D eigenvalue weighted by molar-refractivity contribution is 9.10. The monoisotopic (exact) mass is 322 g/mol. The molecule has 2 aromatic heterocycles. The summed E-state index contributed by atoms with van der Waals surface area (Å²) in [4.78, 5) is 4.58. The molecule has 2 heterocycles. The fourth-order valence-corrected chi connectivity index (χ4v) is 3.22. The van der Waals surface area contributed by atoms with Gasteiger partial charge in [-0.2, -0.15) is 0 Å². The first-order chi connectivity index (χ1) is 9.86. The summed E-state index contributed by atoms with van der Waals surface area (Å²) in [5.74, 6) is 0. The van der Waals surface area contributed by atoms with Gasteiger partial charge in [0.05, 0.1) is 5.52 Å². The number of pyridine rings is 1. The zero-order valence-electron chi connectivity index (χ0n) is 10.6. The number of nitrogens with zero attached hydrogens (tertiary/aromatic N) is 2. The van der Waals surface area contributed by atoms with Crippen LogP contribution in [0.5, 0.6) is 0 Å². The standard InChI is InChI=1S/C17H11BrN2/c18-15-10-4-8-13-14-9-5-11-19-17(14)20(16(13)15)12-6-2-1-3-7-12/h1-11H. The molecule has 4 aromatic rings. The Hall–Kier alpha value is -2.13. The molecule has 96 valence electrons. The molecule has 0 bridgehead atoms. The van der Waals surface area contributed by atoms with Crippen molar-refractivity contribution in [1.82, 2.24) is 9.55 Å². The summed E-state index contributed by atoms with van der Waals surface area (Å²) in [6.07, 6.45) is 1.84. The zero-order chi connectivity index (χ0) is 13.5. The van der Waals surface area contributed by atoms with Crippen LogP contribution in [0.3, 0.4) is 0 Å². The topological polar surface area (TPSA) is 17.8 Å². The summed E-state index contributed by atoms with van der Waals surface area (Å²) in [5, 5.41) is 2.39. The number of para-hydroxylation sites is 2. The van der Waals surface area contributed by atoms with Crippen LogP contribution in [0.25, 0.3) is 27.6 Å². The second kappa shape index (κ2) is 4.46. The van der Waals surface area contributed by atoms with Gasteiger partial charge in [0.1, 0.15) is 5.65 Å². The highest BCUT2D eigenvalue weighted by atomic mass is 79.9. The van der Waals surface area contributed by atoms with E-state index in [1.165, 1.54) is 10.8 Å². The molecule has 4 rings (SSSR count). The fraction of sp³-hybridized carbons (Fsp3) is 0. The minimum absolute atomic E-state index is 0.987.